The number of alkyl halides is 3. The highest BCUT2D eigenvalue weighted by molar-refractivity contribution is 5.75. The van der Waals surface area contributed by atoms with Crippen LogP contribution in [0.5, 0.6) is 0 Å². The van der Waals surface area contributed by atoms with Crippen molar-refractivity contribution in [2.24, 2.45) is 5.73 Å². The third kappa shape index (κ3) is 3.97. The second-order valence-corrected chi connectivity index (χ2v) is 4.43. The number of hydrogen-bond acceptors (Lipinski definition) is 6. The average Bonchev–Trinajstić information content (AvgIpc) is 2.85. The van der Waals surface area contributed by atoms with E-state index in [0.29, 0.717) is 23.2 Å². The van der Waals surface area contributed by atoms with Gasteiger partial charge in [0.25, 0.3) is 0 Å². The Balaban J connectivity index is 2.22. The number of carbonyl (C=O) groups excluding carboxylic acids is 1. The number of benzene rings is 1. The third-order valence-electron chi connectivity index (χ3n) is 2.82. The predicted octanol–water partition coefficient (Wildman–Crippen LogP) is 1.07. The van der Waals surface area contributed by atoms with E-state index < -0.39 is 24.6 Å². The molecule has 0 saturated carbocycles. The van der Waals surface area contributed by atoms with Crippen molar-refractivity contribution < 1.29 is 27.1 Å². The Morgan fingerprint density at radius 2 is 2.04 bits per heavy atom. The molecule has 0 spiro atoms. The summed E-state index contributed by atoms with van der Waals surface area (Å²) in [5, 5.41) is 3.73. The van der Waals surface area contributed by atoms with Crippen LogP contribution < -0.4 is 11.5 Å². The van der Waals surface area contributed by atoms with Crippen LogP contribution in [0.2, 0.25) is 0 Å². The maximum Gasteiger partial charge on any atom is 0.490 e. The molecular formula is C13H12F3N3O4. The molecule has 0 amide bonds. The van der Waals surface area contributed by atoms with Crippen molar-refractivity contribution in [1.82, 2.24) is 9.78 Å². The van der Waals surface area contributed by atoms with Gasteiger partial charge in [0.1, 0.15) is 0 Å². The summed E-state index contributed by atoms with van der Waals surface area (Å²) in [5.41, 5.74) is 6.72. The number of halogens is 3. The maximum atomic E-state index is 12.0. The van der Waals surface area contributed by atoms with Gasteiger partial charge < -0.3 is 14.9 Å². The van der Waals surface area contributed by atoms with Crippen LogP contribution in [0.25, 0.3) is 11.5 Å². The van der Waals surface area contributed by atoms with Gasteiger partial charge >= 0.3 is 17.9 Å². The van der Waals surface area contributed by atoms with Crippen molar-refractivity contribution in [3.63, 3.8) is 0 Å². The van der Waals surface area contributed by atoms with E-state index in [2.05, 4.69) is 9.84 Å². The molecule has 124 valence electrons. The minimum atomic E-state index is -5.15. The lowest BCUT2D eigenvalue weighted by Crippen LogP contribution is -2.28. The van der Waals surface area contributed by atoms with Crippen LogP contribution in [0, 0.1) is 0 Å². The van der Waals surface area contributed by atoms with E-state index >= 15 is 0 Å². The fourth-order valence-electron chi connectivity index (χ4n) is 1.80. The van der Waals surface area contributed by atoms with Crippen LogP contribution in [0.3, 0.4) is 0 Å². The second kappa shape index (κ2) is 6.65. The Morgan fingerprint density at radius 3 is 2.70 bits per heavy atom. The van der Waals surface area contributed by atoms with E-state index in [0.717, 1.165) is 5.56 Å². The first-order valence-corrected chi connectivity index (χ1v) is 6.43. The van der Waals surface area contributed by atoms with Crippen molar-refractivity contribution in [3.05, 3.63) is 40.4 Å². The van der Waals surface area contributed by atoms with Crippen LogP contribution in [-0.2, 0) is 22.7 Å². The fraction of sp³-hybridized carbons (Fsp3) is 0.308. The van der Waals surface area contributed by atoms with E-state index in [1.54, 1.807) is 24.3 Å². The van der Waals surface area contributed by atoms with Gasteiger partial charge in [0.05, 0.1) is 0 Å². The molecular weight excluding hydrogens is 319 g/mol. The maximum absolute atomic E-state index is 12.0. The molecule has 1 heterocycles. The molecule has 10 heteroatoms. The minimum absolute atomic E-state index is 0.0953. The first-order chi connectivity index (χ1) is 10.8. The standard InChI is InChI=1S/C13H12F3N3O4/c14-13(15,16)11(20)22-7-19-12(21)23-10(18-19)9-4-2-1-3-8(9)5-6-17/h1-4H,5-7,17H2. The third-order valence-corrected chi connectivity index (χ3v) is 2.82. The highest BCUT2D eigenvalue weighted by atomic mass is 19.4. The summed E-state index contributed by atoms with van der Waals surface area (Å²) < 4.78 is 45.5. The molecule has 2 N–H and O–H groups in total. The molecule has 0 bridgehead atoms. The second-order valence-electron chi connectivity index (χ2n) is 4.43. The van der Waals surface area contributed by atoms with Crippen LogP contribution in [0.4, 0.5) is 13.2 Å². The van der Waals surface area contributed by atoms with Gasteiger partial charge in [-0.05, 0) is 24.6 Å². The topological polar surface area (TPSA) is 100 Å². The number of carbonyl (C=O) groups is 1. The van der Waals surface area contributed by atoms with E-state index in [4.69, 9.17) is 10.2 Å². The van der Waals surface area contributed by atoms with Gasteiger partial charge in [0.2, 0.25) is 5.89 Å². The van der Waals surface area contributed by atoms with Crippen LogP contribution in [-0.4, -0.2) is 28.5 Å². The summed E-state index contributed by atoms with van der Waals surface area (Å²) in [7, 11) is 0. The Labute approximate surface area is 127 Å². The zero-order chi connectivity index (χ0) is 17.0. The summed E-state index contributed by atoms with van der Waals surface area (Å²) in [6.07, 6.45) is -4.65. The summed E-state index contributed by atoms with van der Waals surface area (Å²) in [6, 6.07) is 6.82. The quantitative estimate of drug-likeness (QED) is 0.823. The van der Waals surface area contributed by atoms with Gasteiger partial charge in [-0.25, -0.2) is 9.59 Å². The number of rotatable bonds is 5. The van der Waals surface area contributed by atoms with Gasteiger partial charge in [-0.2, -0.15) is 17.9 Å². The first-order valence-electron chi connectivity index (χ1n) is 6.43. The lowest BCUT2D eigenvalue weighted by atomic mass is 10.0. The van der Waals surface area contributed by atoms with E-state index in [-0.39, 0.29) is 5.89 Å². The normalized spacial score (nSPS) is 11.5. The Bertz CT molecular complexity index is 751. The lowest BCUT2D eigenvalue weighted by molar-refractivity contribution is -0.203. The number of nitrogens with zero attached hydrogens (tertiary/aromatic N) is 2. The Morgan fingerprint density at radius 1 is 1.35 bits per heavy atom. The van der Waals surface area contributed by atoms with Crippen LogP contribution in [0.1, 0.15) is 5.56 Å². The van der Waals surface area contributed by atoms with E-state index in [9.17, 15) is 22.8 Å². The van der Waals surface area contributed by atoms with Gasteiger partial charge in [0.15, 0.2) is 6.73 Å². The molecule has 1 aromatic carbocycles. The predicted molar refractivity (Wildman–Crippen MR) is 71.1 cm³/mol. The molecule has 0 atom stereocenters. The largest absolute Gasteiger partial charge is 0.490 e. The molecule has 0 aliphatic rings. The molecule has 1 aromatic heterocycles. The molecule has 23 heavy (non-hydrogen) atoms. The smallest absolute Gasteiger partial charge is 0.435 e. The number of nitrogens with two attached hydrogens (primary N) is 1. The number of esters is 1. The van der Waals surface area contributed by atoms with Crippen molar-refractivity contribution in [2.75, 3.05) is 6.54 Å². The summed E-state index contributed by atoms with van der Waals surface area (Å²) in [4.78, 5) is 22.2. The Kier molecular flexibility index (Phi) is 4.84. The summed E-state index contributed by atoms with van der Waals surface area (Å²) in [5.74, 6) is -3.56. The molecule has 0 radical (unpaired) electrons. The monoisotopic (exact) mass is 331 g/mol. The highest BCUT2D eigenvalue weighted by Gasteiger charge is 2.41. The van der Waals surface area contributed by atoms with Crippen molar-refractivity contribution in [3.8, 4) is 11.5 Å². The minimum Gasteiger partial charge on any atom is -0.435 e. The lowest BCUT2D eigenvalue weighted by Gasteiger charge is -2.05. The molecule has 0 aliphatic heterocycles. The zero-order valence-corrected chi connectivity index (χ0v) is 11.7. The molecule has 0 aliphatic carbocycles. The first kappa shape index (κ1) is 16.7. The molecule has 2 aromatic rings. The van der Waals surface area contributed by atoms with E-state index in [1.807, 2.05) is 0 Å². The van der Waals surface area contributed by atoms with Gasteiger partial charge in [-0.3, -0.25) is 0 Å². The molecule has 0 fully saturated rings. The van der Waals surface area contributed by atoms with Crippen LogP contribution in [0.15, 0.2) is 33.5 Å². The van der Waals surface area contributed by atoms with Crippen molar-refractivity contribution in [2.45, 2.75) is 19.3 Å². The van der Waals surface area contributed by atoms with Crippen LogP contribution >= 0.6 is 0 Å². The van der Waals surface area contributed by atoms with Gasteiger partial charge in [0, 0.05) is 5.56 Å². The highest BCUT2D eigenvalue weighted by Crippen LogP contribution is 2.21. The number of aromatic nitrogens is 2. The number of hydrogen-bond donors (Lipinski definition) is 1. The molecule has 7 nitrogen and oxygen atoms in total. The molecule has 0 saturated heterocycles. The van der Waals surface area contributed by atoms with Crippen molar-refractivity contribution in [1.29, 1.82) is 0 Å². The Hall–Kier alpha value is -2.62. The number of ether oxygens (including phenoxy) is 1. The van der Waals surface area contributed by atoms with Crippen molar-refractivity contribution >= 4 is 5.97 Å². The molecule has 2 rings (SSSR count). The molecule has 0 unspecified atom stereocenters. The zero-order valence-electron chi connectivity index (χ0n) is 11.7. The SMILES string of the molecule is NCCc1ccccc1-c1nn(COC(=O)C(F)(F)F)c(=O)o1. The van der Waals surface area contributed by atoms with Gasteiger partial charge in [-0.15, -0.1) is 5.10 Å². The summed E-state index contributed by atoms with van der Waals surface area (Å²) >= 11 is 0. The van der Waals surface area contributed by atoms with Gasteiger partial charge in [-0.1, -0.05) is 18.2 Å². The summed E-state index contributed by atoms with van der Waals surface area (Å²) in [6.45, 7) is -0.648. The van der Waals surface area contributed by atoms with E-state index in [1.165, 1.54) is 0 Å². The average molecular weight is 331 g/mol. The fourth-order valence-corrected chi connectivity index (χ4v) is 1.80.